The van der Waals surface area contributed by atoms with E-state index < -0.39 is 0 Å². The predicted molar refractivity (Wildman–Crippen MR) is 103 cm³/mol. The van der Waals surface area contributed by atoms with Crippen LogP contribution >= 0.6 is 11.3 Å². The lowest BCUT2D eigenvalue weighted by atomic mass is 10.2. The first kappa shape index (κ1) is 16.2. The van der Waals surface area contributed by atoms with Gasteiger partial charge in [0, 0.05) is 5.69 Å². The maximum Gasteiger partial charge on any atom is 0.238 e. The number of anilines is 1. The van der Waals surface area contributed by atoms with E-state index in [0.717, 1.165) is 41.2 Å². The van der Waals surface area contributed by atoms with Crippen molar-refractivity contribution in [3.05, 3.63) is 59.1 Å². The molecule has 1 atom stereocenters. The van der Waals surface area contributed by atoms with Gasteiger partial charge in [0.15, 0.2) is 0 Å². The molecule has 1 amide bonds. The van der Waals surface area contributed by atoms with E-state index in [2.05, 4.69) is 22.3 Å². The number of nitrogens with zero attached hydrogens (tertiary/aromatic N) is 2. The highest BCUT2D eigenvalue weighted by atomic mass is 32.1. The fraction of sp³-hybridized carbons (Fsp3) is 0.300. The Hall–Kier alpha value is -2.24. The second kappa shape index (κ2) is 6.94. The summed E-state index contributed by atoms with van der Waals surface area (Å²) in [6.45, 7) is 3.38. The van der Waals surface area contributed by atoms with Crippen LogP contribution in [0, 0.1) is 6.92 Å². The Morgan fingerprint density at radius 1 is 1.28 bits per heavy atom. The second-order valence-electron chi connectivity index (χ2n) is 6.57. The molecular weight excluding hydrogens is 330 g/mol. The molecule has 128 valence electrons. The summed E-state index contributed by atoms with van der Waals surface area (Å²) in [4.78, 5) is 19.5. The number of hydrogen-bond donors (Lipinski definition) is 1. The number of rotatable bonds is 4. The number of carbonyl (C=O) groups excluding carboxylic acids is 1. The minimum absolute atomic E-state index is 0.0404. The zero-order valence-corrected chi connectivity index (χ0v) is 15.1. The maximum absolute atomic E-state index is 12.5. The Morgan fingerprint density at radius 2 is 2.16 bits per heavy atom. The number of likely N-dealkylation sites (tertiary alicyclic amines) is 1. The molecule has 2 heterocycles. The van der Waals surface area contributed by atoms with Gasteiger partial charge in [0.1, 0.15) is 5.01 Å². The summed E-state index contributed by atoms with van der Waals surface area (Å²) in [7, 11) is 0. The van der Waals surface area contributed by atoms with E-state index in [1.54, 1.807) is 11.3 Å². The molecule has 0 radical (unpaired) electrons. The third kappa shape index (κ3) is 3.57. The lowest BCUT2D eigenvalue weighted by Crippen LogP contribution is -2.32. The number of amides is 1. The van der Waals surface area contributed by atoms with E-state index in [9.17, 15) is 4.79 Å². The molecule has 0 saturated carbocycles. The van der Waals surface area contributed by atoms with Crippen molar-refractivity contribution < 1.29 is 4.79 Å². The largest absolute Gasteiger partial charge is 0.325 e. The lowest BCUT2D eigenvalue weighted by Gasteiger charge is -2.22. The molecule has 5 heteroatoms. The molecule has 3 aromatic rings. The standard InChI is InChI=1S/C20H21N3OS/c1-14-6-4-7-15(12-14)21-19(24)13-23-11-5-9-17(23)20-22-16-8-2-3-10-18(16)25-20/h2-4,6-8,10,12,17H,5,9,11,13H2,1H3,(H,21,24)/t17-/m0/s1. The average molecular weight is 351 g/mol. The second-order valence-corrected chi connectivity index (χ2v) is 7.63. The number of fused-ring (bicyclic) bond motifs is 1. The average Bonchev–Trinajstić information content (AvgIpc) is 3.20. The summed E-state index contributed by atoms with van der Waals surface area (Å²) in [6, 6.07) is 16.4. The summed E-state index contributed by atoms with van der Waals surface area (Å²) in [5.74, 6) is 0.0404. The molecule has 1 N–H and O–H groups in total. The fourth-order valence-electron chi connectivity index (χ4n) is 3.44. The first-order chi connectivity index (χ1) is 12.2. The van der Waals surface area contributed by atoms with Crippen molar-refractivity contribution in [1.29, 1.82) is 0 Å². The van der Waals surface area contributed by atoms with E-state index >= 15 is 0 Å². The molecule has 1 fully saturated rings. The minimum atomic E-state index is 0.0404. The Kier molecular flexibility index (Phi) is 4.51. The SMILES string of the molecule is Cc1cccc(NC(=O)CN2CCC[C@H]2c2nc3ccccc3s2)c1. The summed E-state index contributed by atoms with van der Waals surface area (Å²) in [5, 5.41) is 4.14. The fourth-order valence-corrected chi connectivity index (χ4v) is 4.57. The Morgan fingerprint density at radius 3 is 3.00 bits per heavy atom. The van der Waals surface area contributed by atoms with Crippen molar-refractivity contribution in [1.82, 2.24) is 9.88 Å². The van der Waals surface area contributed by atoms with Crippen molar-refractivity contribution in [2.24, 2.45) is 0 Å². The highest BCUT2D eigenvalue weighted by molar-refractivity contribution is 7.18. The van der Waals surface area contributed by atoms with Gasteiger partial charge in [0.2, 0.25) is 5.91 Å². The number of thiazole rings is 1. The van der Waals surface area contributed by atoms with Gasteiger partial charge in [0.25, 0.3) is 0 Å². The third-order valence-corrected chi connectivity index (χ3v) is 5.75. The van der Waals surface area contributed by atoms with Gasteiger partial charge in [-0.25, -0.2) is 4.98 Å². The Labute approximate surface area is 151 Å². The first-order valence-electron chi connectivity index (χ1n) is 8.65. The van der Waals surface area contributed by atoms with Gasteiger partial charge in [-0.3, -0.25) is 9.69 Å². The number of benzene rings is 2. The van der Waals surface area contributed by atoms with Crippen LogP contribution in [0.5, 0.6) is 0 Å². The van der Waals surface area contributed by atoms with Gasteiger partial charge in [-0.2, -0.15) is 0 Å². The molecule has 1 aromatic heterocycles. The van der Waals surface area contributed by atoms with Gasteiger partial charge < -0.3 is 5.32 Å². The molecule has 4 rings (SSSR count). The number of aryl methyl sites for hydroxylation is 1. The normalized spacial score (nSPS) is 17.9. The maximum atomic E-state index is 12.5. The number of hydrogen-bond acceptors (Lipinski definition) is 4. The molecular formula is C20H21N3OS. The monoisotopic (exact) mass is 351 g/mol. The van der Waals surface area contributed by atoms with E-state index in [4.69, 9.17) is 4.98 Å². The van der Waals surface area contributed by atoms with Crippen LogP contribution < -0.4 is 5.32 Å². The number of para-hydroxylation sites is 1. The topological polar surface area (TPSA) is 45.2 Å². The summed E-state index contributed by atoms with van der Waals surface area (Å²) < 4.78 is 1.22. The molecule has 1 aliphatic heterocycles. The van der Waals surface area contributed by atoms with Crippen molar-refractivity contribution in [3.63, 3.8) is 0 Å². The van der Waals surface area contributed by atoms with Crippen LogP contribution in [0.25, 0.3) is 10.2 Å². The van der Waals surface area contributed by atoms with Crippen molar-refractivity contribution in [2.75, 3.05) is 18.4 Å². The number of nitrogens with one attached hydrogen (secondary N) is 1. The van der Waals surface area contributed by atoms with E-state index in [1.165, 1.54) is 4.70 Å². The number of carbonyl (C=O) groups is 1. The summed E-state index contributed by atoms with van der Waals surface area (Å²) >= 11 is 1.75. The molecule has 0 bridgehead atoms. The molecule has 4 nitrogen and oxygen atoms in total. The van der Waals surface area contributed by atoms with Crippen molar-refractivity contribution in [2.45, 2.75) is 25.8 Å². The van der Waals surface area contributed by atoms with Crippen LogP contribution in [-0.2, 0) is 4.79 Å². The zero-order chi connectivity index (χ0) is 17.2. The van der Waals surface area contributed by atoms with Gasteiger partial charge in [-0.15, -0.1) is 11.3 Å². The molecule has 0 unspecified atom stereocenters. The summed E-state index contributed by atoms with van der Waals surface area (Å²) in [5.41, 5.74) is 3.06. The van der Waals surface area contributed by atoms with Gasteiger partial charge in [0.05, 0.1) is 22.8 Å². The summed E-state index contributed by atoms with van der Waals surface area (Å²) in [6.07, 6.45) is 2.18. The van der Waals surface area contributed by atoms with Crippen LogP contribution in [0.3, 0.4) is 0 Å². The zero-order valence-electron chi connectivity index (χ0n) is 14.2. The predicted octanol–water partition coefficient (Wildman–Crippen LogP) is 4.38. The minimum Gasteiger partial charge on any atom is -0.325 e. The van der Waals surface area contributed by atoms with Crippen LogP contribution in [0.4, 0.5) is 5.69 Å². The highest BCUT2D eigenvalue weighted by Gasteiger charge is 2.30. The molecule has 1 aliphatic rings. The van der Waals surface area contributed by atoms with Crippen LogP contribution in [0.1, 0.15) is 29.5 Å². The lowest BCUT2D eigenvalue weighted by molar-refractivity contribution is -0.117. The van der Waals surface area contributed by atoms with Crippen LogP contribution in [0.2, 0.25) is 0 Å². The highest BCUT2D eigenvalue weighted by Crippen LogP contribution is 2.36. The van der Waals surface area contributed by atoms with E-state index in [1.807, 2.05) is 43.3 Å². The van der Waals surface area contributed by atoms with Gasteiger partial charge >= 0.3 is 0 Å². The smallest absolute Gasteiger partial charge is 0.238 e. The first-order valence-corrected chi connectivity index (χ1v) is 9.47. The van der Waals surface area contributed by atoms with Crippen molar-refractivity contribution >= 4 is 33.1 Å². The van der Waals surface area contributed by atoms with Gasteiger partial charge in [-0.05, 0) is 56.1 Å². The molecule has 25 heavy (non-hydrogen) atoms. The van der Waals surface area contributed by atoms with E-state index in [-0.39, 0.29) is 11.9 Å². The van der Waals surface area contributed by atoms with Gasteiger partial charge in [-0.1, -0.05) is 24.3 Å². The van der Waals surface area contributed by atoms with Crippen LogP contribution in [-0.4, -0.2) is 28.9 Å². The van der Waals surface area contributed by atoms with Crippen LogP contribution in [0.15, 0.2) is 48.5 Å². The van der Waals surface area contributed by atoms with E-state index in [0.29, 0.717) is 6.54 Å². The molecule has 0 aliphatic carbocycles. The Balaban J connectivity index is 1.46. The van der Waals surface area contributed by atoms with Crippen molar-refractivity contribution in [3.8, 4) is 0 Å². The molecule has 2 aromatic carbocycles. The third-order valence-electron chi connectivity index (χ3n) is 4.61. The Bertz CT molecular complexity index is 872. The quantitative estimate of drug-likeness (QED) is 0.759. The molecule has 1 saturated heterocycles. The number of aromatic nitrogens is 1. The molecule has 0 spiro atoms.